The van der Waals surface area contributed by atoms with Gasteiger partial charge >= 0.3 is 0 Å². The summed E-state index contributed by atoms with van der Waals surface area (Å²) in [6.07, 6.45) is 1.38. The molecule has 2 aromatic rings. The lowest BCUT2D eigenvalue weighted by Gasteiger charge is -2.13. The number of nitrogen functional groups attached to an aromatic ring is 1. The van der Waals surface area contributed by atoms with E-state index >= 15 is 0 Å². The van der Waals surface area contributed by atoms with E-state index < -0.39 is 10.5 Å². The van der Waals surface area contributed by atoms with Gasteiger partial charge in [-0.3, -0.25) is 19.6 Å². The highest BCUT2D eigenvalue weighted by molar-refractivity contribution is 5.54. The lowest BCUT2D eigenvalue weighted by atomic mass is 10.3. The largest absolute Gasteiger partial charge is 0.393 e. The van der Waals surface area contributed by atoms with E-state index in [2.05, 4.69) is 0 Å². The second-order valence-electron chi connectivity index (χ2n) is 4.70. The second kappa shape index (κ2) is 5.82. The first kappa shape index (κ1) is 14.8. The highest BCUT2D eigenvalue weighted by Gasteiger charge is 2.22. The molecule has 0 atom stereocenters. The van der Waals surface area contributed by atoms with E-state index in [-0.39, 0.29) is 17.1 Å². The summed E-state index contributed by atoms with van der Waals surface area (Å²) < 4.78 is 3.05. The molecule has 0 aliphatic rings. The molecule has 7 heteroatoms. The van der Waals surface area contributed by atoms with Gasteiger partial charge in [0.2, 0.25) is 0 Å². The number of anilines is 1. The van der Waals surface area contributed by atoms with E-state index in [4.69, 9.17) is 5.73 Å². The maximum Gasteiger partial charge on any atom is 0.295 e. The van der Waals surface area contributed by atoms with Crippen LogP contribution in [0.3, 0.4) is 0 Å². The monoisotopic (exact) mass is 290 g/mol. The minimum atomic E-state index is -0.493. The molecule has 0 saturated heterocycles. The van der Waals surface area contributed by atoms with Crippen LogP contribution >= 0.6 is 0 Å². The Balaban J connectivity index is 2.81. The Morgan fingerprint density at radius 2 is 1.95 bits per heavy atom. The summed E-state index contributed by atoms with van der Waals surface area (Å²) in [5.41, 5.74) is 6.47. The van der Waals surface area contributed by atoms with Gasteiger partial charge in [0.15, 0.2) is 0 Å². The van der Waals surface area contributed by atoms with Crippen LogP contribution in [0.1, 0.15) is 26.0 Å². The van der Waals surface area contributed by atoms with Crippen molar-refractivity contribution in [3.63, 3.8) is 0 Å². The summed E-state index contributed by atoms with van der Waals surface area (Å²) in [5, 5.41) is 11.2. The van der Waals surface area contributed by atoms with Crippen molar-refractivity contribution in [2.75, 3.05) is 5.73 Å². The maximum atomic E-state index is 12.4. The number of nitro groups is 1. The van der Waals surface area contributed by atoms with Crippen molar-refractivity contribution in [3.8, 4) is 5.69 Å². The smallest absolute Gasteiger partial charge is 0.295 e. The molecule has 0 amide bonds. The molecule has 0 saturated carbocycles. The number of rotatable bonds is 5. The van der Waals surface area contributed by atoms with Crippen molar-refractivity contribution in [2.24, 2.45) is 0 Å². The highest BCUT2D eigenvalue weighted by atomic mass is 16.6. The number of nitrogens with zero attached hydrogens (tertiary/aromatic N) is 3. The summed E-state index contributed by atoms with van der Waals surface area (Å²) in [4.78, 5) is 23.1. The van der Waals surface area contributed by atoms with Crippen molar-refractivity contribution in [1.29, 1.82) is 0 Å². The lowest BCUT2D eigenvalue weighted by molar-refractivity contribution is -0.384. The van der Waals surface area contributed by atoms with Crippen molar-refractivity contribution >= 4 is 11.4 Å². The highest BCUT2D eigenvalue weighted by Crippen LogP contribution is 2.23. The minimum Gasteiger partial charge on any atom is -0.393 e. The third-order valence-electron chi connectivity index (χ3n) is 3.36. The molecule has 112 valence electrons. The molecular formula is C14H18N4O3. The van der Waals surface area contributed by atoms with E-state index in [0.717, 1.165) is 6.42 Å². The van der Waals surface area contributed by atoms with Crippen LogP contribution in [0.15, 0.2) is 29.1 Å². The van der Waals surface area contributed by atoms with Gasteiger partial charge in [0.1, 0.15) is 11.4 Å². The summed E-state index contributed by atoms with van der Waals surface area (Å²) in [7, 11) is 0. The van der Waals surface area contributed by atoms with Gasteiger partial charge in [0, 0.05) is 12.6 Å². The van der Waals surface area contributed by atoms with Gasteiger partial charge in [0.05, 0.1) is 10.6 Å². The fourth-order valence-corrected chi connectivity index (χ4v) is 2.46. The Kier molecular flexibility index (Phi) is 4.11. The third kappa shape index (κ3) is 2.42. The summed E-state index contributed by atoms with van der Waals surface area (Å²) >= 11 is 0. The molecule has 0 aliphatic carbocycles. The van der Waals surface area contributed by atoms with E-state index in [0.29, 0.717) is 18.7 Å². The fraction of sp³-hybridized carbons (Fsp3) is 0.357. The van der Waals surface area contributed by atoms with E-state index in [1.54, 1.807) is 22.9 Å². The van der Waals surface area contributed by atoms with E-state index in [1.165, 1.54) is 10.7 Å². The number of nitro benzene ring substituents is 1. The van der Waals surface area contributed by atoms with Gasteiger partial charge in [-0.1, -0.05) is 26.0 Å². The Hall–Kier alpha value is -2.57. The van der Waals surface area contributed by atoms with Crippen molar-refractivity contribution < 1.29 is 4.92 Å². The van der Waals surface area contributed by atoms with Crippen LogP contribution in [0.2, 0.25) is 0 Å². The average molecular weight is 290 g/mol. The van der Waals surface area contributed by atoms with Gasteiger partial charge in [-0.15, -0.1) is 0 Å². The molecule has 0 radical (unpaired) electrons. The lowest BCUT2D eigenvalue weighted by Crippen LogP contribution is -2.23. The van der Waals surface area contributed by atoms with Crippen molar-refractivity contribution in [1.82, 2.24) is 9.36 Å². The van der Waals surface area contributed by atoms with Crippen molar-refractivity contribution in [2.45, 2.75) is 33.2 Å². The zero-order valence-electron chi connectivity index (χ0n) is 12.1. The summed E-state index contributed by atoms with van der Waals surface area (Å²) in [6, 6.07) is 6.18. The predicted octanol–water partition coefficient (Wildman–Crippen LogP) is 2.10. The first-order chi connectivity index (χ1) is 10.0. The third-order valence-corrected chi connectivity index (χ3v) is 3.36. The van der Waals surface area contributed by atoms with Gasteiger partial charge in [-0.05, 0) is 18.9 Å². The topological polar surface area (TPSA) is 96.1 Å². The van der Waals surface area contributed by atoms with Crippen molar-refractivity contribution in [3.05, 3.63) is 50.4 Å². The summed E-state index contributed by atoms with van der Waals surface area (Å²) in [5.74, 6) is 0. The number of hydrogen-bond acceptors (Lipinski definition) is 4. The normalized spacial score (nSPS) is 10.8. The number of nitrogens with two attached hydrogens (primary N) is 1. The zero-order chi connectivity index (χ0) is 15.6. The van der Waals surface area contributed by atoms with Gasteiger partial charge in [-0.25, -0.2) is 4.68 Å². The molecule has 0 unspecified atom stereocenters. The van der Waals surface area contributed by atoms with Crippen LogP contribution in [0, 0.1) is 10.1 Å². The van der Waals surface area contributed by atoms with Crippen LogP contribution in [0.25, 0.3) is 5.69 Å². The molecule has 2 N–H and O–H groups in total. The van der Waals surface area contributed by atoms with Crippen LogP contribution in [0.5, 0.6) is 0 Å². The SMILES string of the molecule is CCCn1c(CC)c(N)c(=O)n1-c1ccccc1[N+](=O)[O-]. The summed E-state index contributed by atoms with van der Waals surface area (Å²) in [6.45, 7) is 4.45. The molecule has 0 bridgehead atoms. The molecule has 0 spiro atoms. The first-order valence-corrected chi connectivity index (χ1v) is 6.86. The number of aromatic nitrogens is 2. The molecular weight excluding hydrogens is 272 g/mol. The Morgan fingerprint density at radius 3 is 2.52 bits per heavy atom. The van der Waals surface area contributed by atoms with E-state index in [1.807, 2.05) is 13.8 Å². The molecule has 0 fully saturated rings. The Bertz CT molecular complexity index is 730. The van der Waals surface area contributed by atoms with Crippen LogP contribution < -0.4 is 11.3 Å². The Morgan fingerprint density at radius 1 is 1.29 bits per heavy atom. The maximum absolute atomic E-state index is 12.4. The zero-order valence-corrected chi connectivity index (χ0v) is 12.1. The van der Waals surface area contributed by atoms with Gasteiger partial charge in [-0.2, -0.15) is 0 Å². The molecule has 21 heavy (non-hydrogen) atoms. The van der Waals surface area contributed by atoms with Crippen LogP contribution in [0.4, 0.5) is 11.4 Å². The van der Waals surface area contributed by atoms with Gasteiger partial charge in [0.25, 0.3) is 11.2 Å². The predicted molar refractivity (Wildman–Crippen MR) is 80.8 cm³/mol. The first-order valence-electron chi connectivity index (χ1n) is 6.86. The molecule has 0 aliphatic heterocycles. The van der Waals surface area contributed by atoms with E-state index in [9.17, 15) is 14.9 Å². The molecule has 1 aromatic heterocycles. The average Bonchev–Trinajstić information content (AvgIpc) is 2.70. The Labute approximate surface area is 121 Å². The molecule has 7 nitrogen and oxygen atoms in total. The standard InChI is InChI=1S/C14H18N4O3/c1-3-9-16-10(4-2)13(15)14(19)17(16)11-7-5-6-8-12(11)18(20)21/h5-8H,3-4,9,15H2,1-2H3. The van der Waals surface area contributed by atoms with Crippen LogP contribution in [-0.4, -0.2) is 14.3 Å². The number of para-hydroxylation sites is 2. The number of benzene rings is 1. The van der Waals surface area contributed by atoms with Gasteiger partial charge < -0.3 is 5.73 Å². The fourth-order valence-electron chi connectivity index (χ4n) is 2.46. The second-order valence-corrected chi connectivity index (χ2v) is 4.70. The number of hydrogen-bond donors (Lipinski definition) is 1. The minimum absolute atomic E-state index is 0.114. The molecule has 1 heterocycles. The molecule has 1 aromatic carbocycles. The quantitative estimate of drug-likeness (QED) is 0.673. The van der Waals surface area contributed by atoms with Crippen LogP contribution in [-0.2, 0) is 13.0 Å². The molecule has 2 rings (SSSR count).